The summed E-state index contributed by atoms with van der Waals surface area (Å²) in [6.45, 7) is 4.03. The van der Waals surface area contributed by atoms with Crippen molar-refractivity contribution >= 4 is 73.9 Å². The number of fused-ring (bicyclic) bond motifs is 9. The second-order valence-corrected chi connectivity index (χ2v) is 34.1. The number of carbonyl (C=O) groups excluding carboxylic acids is 3. The van der Waals surface area contributed by atoms with Gasteiger partial charge in [-0.25, -0.2) is 9.98 Å². The number of halogens is 1. The standard InChI is InChI=1S/C30H44N2O4S.C26H37N3O3.C22H28N2O2S.C4H9BrO.CH5N.2CH4/c1-34-17-4-16-32-27(33)30(31-28(32)37-19-5-18-35-2)26-20-23(9-8-22-6-7-22)10-11-24(26)21-29(30)14-12-25(36-3)13-15-29;1-31-15-3-14-29-23(30)26(28-24(29)27)22-16-19(7-6-18-4-5-18)8-9-20(22)17-25(26)12-10-21(32-2)11-13-25;1-26-17-8-10-21(11-9-17)13-16-7-6-15(5-4-14-2-3-14)12-18(16)22(21)19(25)23-20(27)24-22;1-6-4-2-3-5;1-2;;/h10-11,20,22,25H,4-9,12-19,21H2,1-3H3;8-9,16,18,21H,3-7,10-15,17H2,1-2H3,(H2,27,28);6-7,12,14,17H,2-5,8-11,13H2,1H3,(H2,23,24,25,27);2-4H2,1H3;2H2,1H3;2*1H4. The number of nitrogens with one attached hydrogen (secondary N) is 2. The van der Waals surface area contributed by atoms with Crippen LogP contribution in [0.15, 0.2) is 64.6 Å². The van der Waals surface area contributed by atoms with Gasteiger partial charge in [0.1, 0.15) is 0 Å². The Morgan fingerprint density at radius 3 is 1.29 bits per heavy atom. The number of amides is 3. The van der Waals surface area contributed by atoms with Crippen LogP contribution in [-0.2, 0) is 103 Å². The predicted molar refractivity (Wildman–Crippen MR) is 436 cm³/mol. The highest BCUT2D eigenvalue weighted by Crippen LogP contribution is 2.65. The first-order chi connectivity index (χ1) is 50.6. The van der Waals surface area contributed by atoms with Crippen molar-refractivity contribution in [2.24, 2.45) is 55.5 Å². The molecule has 9 aliphatic carbocycles. The summed E-state index contributed by atoms with van der Waals surface area (Å²) in [6.07, 6.45) is 34.3. The fourth-order valence-electron chi connectivity index (χ4n) is 19.3. The first-order valence-corrected chi connectivity index (χ1v) is 42.0. The minimum Gasteiger partial charge on any atom is -0.385 e. The van der Waals surface area contributed by atoms with Crippen molar-refractivity contribution in [2.45, 2.75) is 249 Å². The normalized spacial score (nSPS) is 29.1. The Balaban J connectivity index is 0.000000175. The van der Waals surface area contributed by atoms with E-state index < -0.39 is 16.6 Å². The number of methoxy groups -OCH3 is 7. The van der Waals surface area contributed by atoms with Crippen LogP contribution in [0.5, 0.6) is 0 Å². The number of thiocarbonyl (C=S) groups is 1. The second kappa shape index (κ2) is 38.7. The van der Waals surface area contributed by atoms with Gasteiger partial charge in [-0.2, -0.15) is 0 Å². The molecule has 3 aliphatic heterocycles. The van der Waals surface area contributed by atoms with Gasteiger partial charge < -0.3 is 55.3 Å². The van der Waals surface area contributed by atoms with E-state index in [0.29, 0.717) is 43.5 Å². The number of guanidine groups is 1. The largest absolute Gasteiger partial charge is 0.385 e. The number of aliphatic imine (C=N–C) groups is 2. The number of hydrogen-bond acceptors (Lipinski definition) is 16. The van der Waals surface area contributed by atoms with Crippen LogP contribution >= 0.6 is 39.9 Å². The summed E-state index contributed by atoms with van der Waals surface area (Å²) >= 11 is 10.4. The van der Waals surface area contributed by atoms with Crippen molar-refractivity contribution in [1.29, 1.82) is 0 Å². The molecule has 6 N–H and O–H groups in total. The lowest BCUT2D eigenvalue weighted by Gasteiger charge is -2.46. The van der Waals surface area contributed by atoms with Gasteiger partial charge in [-0.15, -0.1) is 0 Å². The molecule has 18 nitrogen and oxygen atoms in total. The van der Waals surface area contributed by atoms with E-state index in [2.05, 4.69) is 86.9 Å². The minimum absolute atomic E-state index is 0. The van der Waals surface area contributed by atoms with Gasteiger partial charge in [-0.3, -0.25) is 24.2 Å². The molecule has 1 saturated heterocycles. The van der Waals surface area contributed by atoms with Crippen molar-refractivity contribution < 1.29 is 47.5 Å². The molecular formula is C85H131BrN8O10S2. The average molecular weight is 1570 g/mol. The molecule has 3 amide bonds. The lowest BCUT2D eigenvalue weighted by atomic mass is 9.61. The van der Waals surface area contributed by atoms with Crippen molar-refractivity contribution in [1.82, 2.24) is 20.4 Å². The summed E-state index contributed by atoms with van der Waals surface area (Å²) in [5.41, 5.74) is 19.5. The lowest BCUT2D eigenvalue weighted by molar-refractivity contribution is -0.139. The summed E-state index contributed by atoms with van der Waals surface area (Å²) in [4.78, 5) is 56.4. The Bertz CT molecular complexity index is 3470. The van der Waals surface area contributed by atoms with Crippen molar-refractivity contribution in [3.8, 4) is 0 Å². The Kier molecular flexibility index (Phi) is 31.3. The number of aryl methyl sites for hydroxylation is 3. The van der Waals surface area contributed by atoms with Crippen LogP contribution in [0.3, 0.4) is 0 Å². The molecule has 3 heterocycles. The van der Waals surface area contributed by atoms with Gasteiger partial charge in [0.05, 0.1) is 18.3 Å². The SMILES string of the molecule is C.C.CN.COC1CCC2(CC1)Cc1ccc(CCC3CC3)cc1C21NC(=S)NC1=O.COCCCBr.COCCCN1C(=O)C2(N=C1N)c1cc(CCC3CC3)ccc1CC21CCC(OC)CC1.COCCCSC1=NC2(C(=O)N1CCCOC)c1cc(CCC3CC3)ccc1CC21CCC(OC)CC1. The number of benzene rings is 3. The minimum atomic E-state index is -0.881. The fraction of sp³-hybridized carbons (Fsp3) is 0.718. The molecule has 3 unspecified atom stereocenters. The molecule has 12 aliphatic rings. The molecule has 6 saturated carbocycles. The molecule has 590 valence electrons. The van der Waals surface area contributed by atoms with Crippen molar-refractivity contribution in [3.05, 3.63) is 105 Å². The zero-order valence-corrected chi connectivity index (χ0v) is 67.2. The first kappa shape index (κ1) is 85.6. The predicted octanol–water partition coefficient (Wildman–Crippen LogP) is 14.5. The van der Waals surface area contributed by atoms with Crippen LogP contribution in [0.1, 0.15) is 225 Å². The molecule has 15 rings (SSSR count). The third-order valence-electron chi connectivity index (χ3n) is 25.6. The zero-order chi connectivity index (χ0) is 73.7. The molecule has 106 heavy (non-hydrogen) atoms. The number of amidine groups is 1. The number of hydrogen-bond donors (Lipinski definition) is 4. The van der Waals surface area contributed by atoms with E-state index in [1.165, 1.54) is 109 Å². The number of rotatable bonds is 27. The number of nitrogens with zero attached hydrogens (tertiary/aromatic N) is 4. The number of ether oxygens (including phenoxy) is 7. The van der Waals surface area contributed by atoms with Gasteiger partial charge >= 0.3 is 0 Å². The Hall–Kier alpha value is -4.39. The van der Waals surface area contributed by atoms with Crippen LogP contribution in [0.2, 0.25) is 0 Å². The fourth-order valence-corrected chi connectivity index (χ4v) is 20.7. The van der Waals surface area contributed by atoms with E-state index in [1.807, 2.05) is 12.0 Å². The number of alkyl halides is 1. The molecule has 3 aromatic rings. The summed E-state index contributed by atoms with van der Waals surface area (Å²) in [5, 5.41) is 8.79. The molecule has 0 aromatic heterocycles. The quantitative estimate of drug-likeness (QED) is 0.0317. The van der Waals surface area contributed by atoms with Crippen LogP contribution in [0, 0.1) is 34.0 Å². The van der Waals surface area contributed by atoms with Gasteiger partial charge in [0.2, 0.25) is 0 Å². The van der Waals surface area contributed by atoms with E-state index in [-0.39, 0.29) is 61.0 Å². The van der Waals surface area contributed by atoms with Gasteiger partial charge in [-0.1, -0.05) is 136 Å². The topological polar surface area (TPSA) is 223 Å². The van der Waals surface area contributed by atoms with E-state index >= 15 is 0 Å². The Morgan fingerprint density at radius 1 is 0.519 bits per heavy atom. The maximum Gasteiger partial charge on any atom is 0.262 e. The lowest BCUT2D eigenvalue weighted by Crippen LogP contribution is -2.56. The van der Waals surface area contributed by atoms with Gasteiger partial charge in [0.25, 0.3) is 17.7 Å². The van der Waals surface area contributed by atoms with E-state index in [1.54, 1.807) is 59.3 Å². The molecule has 6 spiro atoms. The molecule has 0 bridgehead atoms. The third-order valence-corrected chi connectivity index (χ3v) is 27.4. The van der Waals surface area contributed by atoms with E-state index in [0.717, 1.165) is 194 Å². The van der Waals surface area contributed by atoms with Gasteiger partial charge in [0, 0.05) is 117 Å². The molecule has 3 aromatic carbocycles. The summed E-state index contributed by atoms with van der Waals surface area (Å²) < 4.78 is 37.6. The van der Waals surface area contributed by atoms with Crippen molar-refractivity contribution in [3.63, 3.8) is 0 Å². The molecular weight excluding hydrogens is 1440 g/mol. The monoisotopic (exact) mass is 1570 g/mol. The highest BCUT2D eigenvalue weighted by molar-refractivity contribution is 9.09. The van der Waals surface area contributed by atoms with E-state index in [9.17, 15) is 14.4 Å². The first-order valence-electron chi connectivity index (χ1n) is 39.5. The Labute approximate surface area is 654 Å². The van der Waals surface area contributed by atoms with Crippen LogP contribution in [0.4, 0.5) is 0 Å². The highest BCUT2D eigenvalue weighted by atomic mass is 79.9. The maximum atomic E-state index is 14.7. The van der Waals surface area contributed by atoms with Gasteiger partial charge in [-0.05, 0) is 248 Å². The summed E-state index contributed by atoms with van der Waals surface area (Å²) in [5.74, 6) is 4.28. The number of thioether (sulfide) groups is 1. The molecule has 7 fully saturated rings. The molecule has 3 atom stereocenters. The second-order valence-electron chi connectivity index (χ2n) is 31.9. The van der Waals surface area contributed by atoms with Gasteiger partial charge in [0.15, 0.2) is 32.9 Å². The van der Waals surface area contributed by atoms with Crippen molar-refractivity contribution in [2.75, 3.05) is 107 Å². The third kappa shape index (κ3) is 17.9. The Morgan fingerprint density at radius 2 is 0.896 bits per heavy atom. The van der Waals surface area contributed by atoms with Crippen LogP contribution < -0.4 is 22.1 Å². The zero-order valence-electron chi connectivity index (χ0n) is 64.0. The van der Waals surface area contributed by atoms with Crippen LogP contribution in [-0.4, -0.2) is 169 Å². The molecule has 21 heteroatoms. The average Bonchev–Trinajstić information content (AvgIpc) is 1.54. The maximum absolute atomic E-state index is 14.7. The highest BCUT2D eigenvalue weighted by Gasteiger charge is 2.69. The summed E-state index contributed by atoms with van der Waals surface area (Å²) in [7, 11) is 13.8. The summed E-state index contributed by atoms with van der Waals surface area (Å²) in [6, 6.07) is 20.7. The number of carbonyl (C=O) groups is 3. The van der Waals surface area contributed by atoms with E-state index in [4.69, 9.17) is 61.1 Å². The molecule has 0 radical (unpaired) electrons. The smallest absolute Gasteiger partial charge is 0.262 e. The van der Waals surface area contributed by atoms with Crippen LogP contribution in [0.25, 0.3) is 0 Å². The number of nitrogens with two attached hydrogens (primary N) is 2.